The molecule has 0 spiro atoms. The summed E-state index contributed by atoms with van der Waals surface area (Å²) in [7, 11) is 0. The van der Waals surface area contributed by atoms with E-state index in [1.165, 1.54) is 4.88 Å². The molecule has 0 saturated carbocycles. The summed E-state index contributed by atoms with van der Waals surface area (Å²) in [6.07, 6.45) is 4.02. The molecule has 0 bridgehead atoms. The standard InChI is InChI=1S/C17H20N4O2S/c22-16(20-7-5-14-4-2-10-24-14)15-12-21(9-8-19-15)17(23)13-3-1-6-18-11-13/h1-4,6,10-11,15,19H,5,7-9,12H2,(H,20,22). The number of aromatic nitrogens is 1. The lowest BCUT2D eigenvalue weighted by Crippen LogP contribution is -2.58. The maximum absolute atomic E-state index is 12.5. The molecule has 1 aliphatic rings. The summed E-state index contributed by atoms with van der Waals surface area (Å²) in [5.74, 6) is -0.142. The molecule has 2 aromatic heterocycles. The largest absolute Gasteiger partial charge is 0.354 e. The minimum absolute atomic E-state index is 0.0600. The van der Waals surface area contributed by atoms with E-state index in [0.29, 0.717) is 31.7 Å². The summed E-state index contributed by atoms with van der Waals surface area (Å²) in [5, 5.41) is 8.15. The SMILES string of the molecule is O=C(NCCc1cccs1)C1CN(C(=O)c2cccnc2)CCN1. The zero-order valence-electron chi connectivity index (χ0n) is 13.3. The Bertz CT molecular complexity index is 675. The molecule has 2 amide bonds. The van der Waals surface area contributed by atoms with Crippen molar-refractivity contribution in [1.82, 2.24) is 20.5 Å². The number of carbonyl (C=O) groups is 2. The Morgan fingerprint density at radius 1 is 1.38 bits per heavy atom. The monoisotopic (exact) mass is 344 g/mol. The molecule has 1 aliphatic heterocycles. The molecule has 2 aromatic rings. The Morgan fingerprint density at radius 2 is 2.29 bits per heavy atom. The molecule has 1 fully saturated rings. The molecule has 126 valence electrons. The lowest BCUT2D eigenvalue weighted by molar-refractivity contribution is -0.123. The minimum atomic E-state index is -0.372. The lowest BCUT2D eigenvalue weighted by atomic mass is 10.1. The third kappa shape index (κ3) is 4.18. The topological polar surface area (TPSA) is 74.3 Å². The third-order valence-electron chi connectivity index (χ3n) is 3.94. The summed E-state index contributed by atoms with van der Waals surface area (Å²) in [4.78, 5) is 31.7. The average molecular weight is 344 g/mol. The van der Waals surface area contributed by atoms with E-state index in [-0.39, 0.29) is 17.9 Å². The van der Waals surface area contributed by atoms with Crippen molar-refractivity contribution in [2.75, 3.05) is 26.2 Å². The average Bonchev–Trinajstić information content (AvgIpc) is 3.15. The molecule has 0 aromatic carbocycles. The zero-order chi connectivity index (χ0) is 16.8. The number of nitrogens with zero attached hydrogens (tertiary/aromatic N) is 2. The Hall–Kier alpha value is -2.25. The van der Waals surface area contributed by atoms with Crippen molar-refractivity contribution < 1.29 is 9.59 Å². The van der Waals surface area contributed by atoms with Crippen LogP contribution in [0.15, 0.2) is 42.0 Å². The van der Waals surface area contributed by atoms with Gasteiger partial charge in [0.05, 0.1) is 5.56 Å². The van der Waals surface area contributed by atoms with Crippen LogP contribution in [0.3, 0.4) is 0 Å². The summed E-state index contributed by atoms with van der Waals surface area (Å²) in [6, 6.07) is 7.18. The van der Waals surface area contributed by atoms with Crippen LogP contribution in [-0.4, -0.2) is 53.9 Å². The molecule has 0 radical (unpaired) electrons. The highest BCUT2D eigenvalue weighted by Gasteiger charge is 2.28. The van der Waals surface area contributed by atoms with Gasteiger partial charge in [-0.1, -0.05) is 6.07 Å². The molecule has 6 nitrogen and oxygen atoms in total. The number of pyridine rings is 1. The highest BCUT2D eigenvalue weighted by atomic mass is 32.1. The van der Waals surface area contributed by atoms with Crippen molar-refractivity contribution >= 4 is 23.2 Å². The van der Waals surface area contributed by atoms with E-state index in [9.17, 15) is 9.59 Å². The fourth-order valence-corrected chi connectivity index (χ4v) is 3.38. The van der Waals surface area contributed by atoms with Crippen molar-refractivity contribution in [3.63, 3.8) is 0 Å². The Morgan fingerprint density at radius 3 is 3.04 bits per heavy atom. The maximum atomic E-state index is 12.5. The fourth-order valence-electron chi connectivity index (χ4n) is 2.67. The first kappa shape index (κ1) is 16.6. The van der Waals surface area contributed by atoms with E-state index in [2.05, 4.69) is 21.7 Å². The fraction of sp³-hybridized carbons (Fsp3) is 0.353. The second kappa shape index (κ2) is 8.03. The first-order valence-electron chi connectivity index (χ1n) is 7.97. The molecule has 1 unspecified atom stereocenters. The Kier molecular flexibility index (Phi) is 5.55. The molecule has 3 heterocycles. The van der Waals surface area contributed by atoms with E-state index in [1.807, 2.05) is 11.4 Å². The van der Waals surface area contributed by atoms with E-state index < -0.39 is 0 Å². The number of piperazine rings is 1. The van der Waals surface area contributed by atoms with Gasteiger partial charge in [0.15, 0.2) is 0 Å². The zero-order valence-corrected chi connectivity index (χ0v) is 14.1. The van der Waals surface area contributed by atoms with Gasteiger partial charge in [-0.3, -0.25) is 14.6 Å². The van der Waals surface area contributed by atoms with Gasteiger partial charge in [-0.15, -0.1) is 11.3 Å². The van der Waals surface area contributed by atoms with Gasteiger partial charge in [0.25, 0.3) is 5.91 Å². The number of hydrogen-bond donors (Lipinski definition) is 2. The van der Waals surface area contributed by atoms with Gasteiger partial charge in [0.2, 0.25) is 5.91 Å². The Balaban J connectivity index is 1.51. The van der Waals surface area contributed by atoms with Gasteiger partial charge in [-0.2, -0.15) is 0 Å². The molecule has 1 atom stereocenters. The predicted molar refractivity (Wildman–Crippen MR) is 93.0 cm³/mol. The number of nitrogens with one attached hydrogen (secondary N) is 2. The highest BCUT2D eigenvalue weighted by Crippen LogP contribution is 2.09. The van der Waals surface area contributed by atoms with Crippen LogP contribution in [0.25, 0.3) is 0 Å². The first-order chi connectivity index (χ1) is 11.7. The molecule has 7 heteroatoms. The smallest absolute Gasteiger partial charge is 0.255 e. The van der Waals surface area contributed by atoms with Gasteiger partial charge in [0.1, 0.15) is 6.04 Å². The van der Waals surface area contributed by atoms with Crippen molar-refractivity contribution in [2.24, 2.45) is 0 Å². The number of rotatable bonds is 5. The third-order valence-corrected chi connectivity index (χ3v) is 4.87. The van der Waals surface area contributed by atoms with Crippen LogP contribution in [0.1, 0.15) is 15.2 Å². The van der Waals surface area contributed by atoms with Crippen molar-refractivity contribution in [2.45, 2.75) is 12.5 Å². The van der Waals surface area contributed by atoms with Gasteiger partial charge in [-0.05, 0) is 30.0 Å². The summed E-state index contributed by atoms with van der Waals surface area (Å²) in [5.41, 5.74) is 0.552. The van der Waals surface area contributed by atoms with Crippen LogP contribution < -0.4 is 10.6 Å². The van der Waals surface area contributed by atoms with Crippen LogP contribution in [0, 0.1) is 0 Å². The Labute approximate surface area is 144 Å². The van der Waals surface area contributed by atoms with E-state index in [0.717, 1.165) is 6.42 Å². The number of thiophene rings is 1. The van der Waals surface area contributed by atoms with Crippen LogP contribution in [0.2, 0.25) is 0 Å². The molecule has 3 rings (SSSR count). The number of carbonyl (C=O) groups excluding carboxylic acids is 2. The van der Waals surface area contributed by atoms with Gasteiger partial charge in [-0.25, -0.2) is 0 Å². The summed E-state index contributed by atoms with van der Waals surface area (Å²) in [6.45, 7) is 2.17. The van der Waals surface area contributed by atoms with Crippen molar-refractivity contribution in [3.05, 3.63) is 52.5 Å². The summed E-state index contributed by atoms with van der Waals surface area (Å²) >= 11 is 1.69. The predicted octanol–water partition coefficient (Wildman–Crippen LogP) is 0.916. The second-order valence-corrected chi connectivity index (χ2v) is 6.65. The van der Waals surface area contributed by atoms with Gasteiger partial charge < -0.3 is 15.5 Å². The first-order valence-corrected chi connectivity index (χ1v) is 8.85. The highest BCUT2D eigenvalue weighted by molar-refractivity contribution is 7.09. The van der Waals surface area contributed by atoms with Gasteiger partial charge >= 0.3 is 0 Å². The summed E-state index contributed by atoms with van der Waals surface area (Å²) < 4.78 is 0. The van der Waals surface area contributed by atoms with E-state index in [1.54, 1.807) is 40.8 Å². The van der Waals surface area contributed by atoms with Crippen molar-refractivity contribution in [1.29, 1.82) is 0 Å². The van der Waals surface area contributed by atoms with Gasteiger partial charge in [0, 0.05) is 43.4 Å². The quantitative estimate of drug-likeness (QED) is 0.846. The van der Waals surface area contributed by atoms with E-state index >= 15 is 0 Å². The molecular formula is C17H20N4O2S. The van der Waals surface area contributed by atoms with Crippen LogP contribution in [0.4, 0.5) is 0 Å². The molecule has 1 saturated heterocycles. The normalized spacial score (nSPS) is 17.5. The molecule has 0 aliphatic carbocycles. The van der Waals surface area contributed by atoms with Crippen LogP contribution in [-0.2, 0) is 11.2 Å². The lowest BCUT2D eigenvalue weighted by Gasteiger charge is -2.33. The van der Waals surface area contributed by atoms with Crippen LogP contribution >= 0.6 is 11.3 Å². The molecular weight excluding hydrogens is 324 g/mol. The number of hydrogen-bond acceptors (Lipinski definition) is 5. The maximum Gasteiger partial charge on any atom is 0.255 e. The molecule has 2 N–H and O–H groups in total. The van der Waals surface area contributed by atoms with E-state index in [4.69, 9.17) is 0 Å². The van der Waals surface area contributed by atoms with Crippen LogP contribution in [0.5, 0.6) is 0 Å². The minimum Gasteiger partial charge on any atom is -0.354 e. The second-order valence-electron chi connectivity index (χ2n) is 5.62. The number of amides is 2. The van der Waals surface area contributed by atoms with Crippen molar-refractivity contribution in [3.8, 4) is 0 Å². The molecule has 24 heavy (non-hydrogen) atoms.